The summed E-state index contributed by atoms with van der Waals surface area (Å²) in [6.45, 7) is 4.08. The highest BCUT2D eigenvalue weighted by Gasteiger charge is 2.10. The van der Waals surface area contributed by atoms with E-state index in [1.807, 2.05) is 32.0 Å². The summed E-state index contributed by atoms with van der Waals surface area (Å²) < 4.78 is 19.0. The largest absolute Gasteiger partial charge is 0.488 e. The molecule has 0 aromatic heterocycles. The third-order valence-electron chi connectivity index (χ3n) is 3.05. The Morgan fingerprint density at radius 2 is 2.00 bits per heavy atom. The van der Waals surface area contributed by atoms with Crippen molar-refractivity contribution in [2.45, 2.75) is 26.5 Å². The molecule has 2 N–H and O–H groups in total. The zero-order valence-electron chi connectivity index (χ0n) is 11.5. The van der Waals surface area contributed by atoms with E-state index >= 15 is 0 Å². The van der Waals surface area contributed by atoms with E-state index in [4.69, 9.17) is 22.1 Å². The van der Waals surface area contributed by atoms with Crippen molar-refractivity contribution in [2.24, 2.45) is 5.73 Å². The topological polar surface area (TPSA) is 35.2 Å². The van der Waals surface area contributed by atoms with Crippen LogP contribution in [0.1, 0.15) is 29.7 Å². The first-order valence-electron chi connectivity index (χ1n) is 6.40. The zero-order chi connectivity index (χ0) is 14.7. The van der Waals surface area contributed by atoms with E-state index in [2.05, 4.69) is 0 Å². The van der Waals surface area contributed by atoms with Crippen LogP contribution in [-0.2, 0) is 6.61 Å². The van der Waals surface area contributed by atoms with Crippen molar-refractivity contribution < 1.29 is 9.13 Å². The van der Waals surface area contributed by atoms with Crippen molar-refractivity contribution in [2.75, 3.05) is 0 Å². The Kier molecular flexibility index (Phi) is 4.63. The molecular weight excluding hydrogens is 277 g/mol. The molecule has 0 bridgehead atoms. The predicted molar refractivity (Wildman–Crippen MR) is 79.5 cm³/mol. The van der Waals surface area contributed by atoms with Gasteiger partial charge in [0.15, 0.2) is 0 Å². The second-order valence-corrected chi connectivity index (χ2v) is 5.26. The lowest BCUT2D eigenvalue weighted by atomic mass is 10.1. The molecule has 2 aromatic rings. The number of rotatable bonds is 4. The summed E-state index contributed by atoms with van der Waals surface area (Å²) >= 11 is 6.02. The average Bonchev–Trinajstić information content (AvgIpc) is 2.39. The summed E-state index contributed by atoms with van der Waals surface area (Å²) in [5.74, 6) is 0.380. The van der Waals surface area contributed by atoms with Crippen molar-refractivity contribution >= 4 is 11.6 Å². The molecule has 0 aliphatic heterocycles. The lowest BCUT2D eigenvalue weighted by molar-refractivity contribution is 0.301. The Morgan fingerprint density at radius 3 is 2.70 bits per heavy atom. The van der Waals surface area contributed by atoms with Crippen LogP contribution in [0.15, 0.2) is 36.4 Å². The number of halogens is 2. The highest BCUT2D eigenvalue weighted by Crippen LogP contribution is 2.27. The van der Waals surface area contributed by atoms with Gasteiger partial charge in [-0.2, -0.15) is 0 Å². The molecule has 0 saturated carbocycles. The van der Waals surface area contributed by atoms with Crippen molar-refractivity contribution in [3.63, 3.8) is 0 Å². The first-order chi connectivity index (χ1) is 9.47. The molecule has 106 valence electrons. The molecule has 2 rings (SSSR count). The highest BCUT2D eigenvalue weighted by atomic mass is 35.5. The first-order valence-corrected chi connectivity index (χ1v) is 6.78. The molecule has 0 amide bonds. The van der Waals surface area contributed by atoms with Gasteiger partial charge in [0.1, 0.15) is 18.2 Å². The van der Waals surface area contributed by atoms with Crippen molar-refractivity contribution in [1.82, 2.24) is 0 Å². The molecule has 20 heavy (non-hydrogen) atoms. The van der Waals surface area contributed by atoms with Crippen molar-refractivity contribution in [3.8, 4) is 5.75 Å². The molecule has 1 unspecified atom stereocenters. The van der Waals surface area contributed by atoms with Gasteiger partial charge in [-0.1, -0.05) is 23.7 Å². The Morgan fingerprint density at radius 1 is 1.25 bits per heavy atom. The maximum Gasteiger partial charge on any atom is 0.124 e. The monoisotopic (exact) mass is 293 g/mol. The van der Waals surface area contributed by atoms with Gasteiger partial charge in [-0.05, 0) is 43.7 Å². The van der Waals surface area contributed by atoms with E-state index in [1.165, 1.54) is 18.2 Å². The van der Waals surface area contributed by atoms with Gasteiger partial charge in [0.2, 0.25) is 0 Å². The van der Waals surface area contributed by atoms with Crippen LogP contribution in [0.4, 0.5) is 4.39 Å². The fourth-order valence-corrected chi connectivity index (χ4v) is 2.12. The van der Waals surface area contributed by atoms with E-state index in [0.29, 0.717) is 16.3 Å². The number of hydrogen-bond acceptors (Lipinski definition) is 2. The van der Waals surface area contributed by atoms with Gasteiger partial charge in [0.05, 0.1) is 0 Å². The molecule has 0 spiro atoms. The normalized spacial score (nSPS) is 12.2. The van der Waals surface area contributed by atoms with Gasteiger partial charge in [0, 0.05) is 22.2 Å². The van der Waals surface area contributed by atoms with Crippen LogP contribution >= 0.6 is 11.6 Å². The van der Waals surface area contributed by atoms with Gasteiger partial charge >= 0.3 is 0 Å². The van der Waals surface area contributed by atoms with E-state index in [0.717, 1.165) is 11.1 Å². The molecule has 0 heterocycles. The standard InChI is InChI=1S/C16H17ClFNO/c1-10-3-5-14(11(2)19)16(7-10)20-9-12-8-13(18)4-6-15(12)17/h3-8,11H,9,19H2,1-2H3. The van der Waals surface area contributed by atoms with Crippen LogP contribution in [0.25, 0.3) is 0 Å². The summed E-state index contributed by atoms with van der Waals surface area (Å²) in [4.78, 5) is 0. The molecule has 0 aliphatic carbocycles. The predicted octanol–water partition coefficient (Wildman–Crippen LogP) is 4.39. The Bertz CT molecular complexity index is 613. The molecule has 0 saturated heterocycles. The van der Waals surface area contributed by atoms with Crippen molar-refractivity contribution in [3.05, 3.63) is 63.9 Å². The molecule has 0 aliphatic rings. The fraction of sp³-hybridized carbons (Fsp3) is 0.250. The lowest BCUT2D eigenvalue weighted by Crippen LogP contribution is -2.08. The minimum atomic E-state index is -0.329. The minimum absolute atomic E-state index is 0.131. The highest BCUT2D eigenvalue weighted by molar-refractivity contribution is 6.31. The maximum absolute atomic E-state index is 13.2. The van der Waals surface area contributed by atoms with E-state index in [9.17, 15) is 4.39 Å². The van der Waals surface area contributed by atoms with Crippen LogP contribution in [0.5, 0.6) is 5.75 Å². The van der Waals surface area contributed by atoms with Crippen LogP contribution in [0, 0.1) is 12.7 Å². The molecular formula is C16H17ClFNO. The van der Waals surface area contributed by atoms with Gasteiger partial charge in [-0.15, -0.1) is 0 Å². The summed E-state index contributed by atoms with van der Waals surface area (Å²) in [6, 6.07) is 9.96. The van der Waals surface area contributed by atoms with Crippen LogP contribution in [0.3, 0.4) is 0 Å². The van der Waals surface area contributed by atoms with Gasteiger partial charge < -0.3 is 10.5 Å². The quantitative estimate of drug-likeness (QED) is 0.907. The summed E-state index contributed by atoms with van der Waals surface area (Å²) in [6.07, 6.45) is 0. The number of hydrogen-bond donors (Lipinski definition) is 1. The molecule has 4 heteroatoms. The SMILES string of the molecule is Cc1ccc(C(C)N)c(OCc2cc(F)ccc2Cl)c1. The third kappa shape index (κ3) is 3.50. The summed E-state index contributed by atoms with van der Waals surface area (Å²) in [5, 5.41) is 0.487. The third-order valence-corrected chi connectivity index (χ3v) is 3.42. The Hall–Kier alpha value is -1.58. The average molecular weight is 294 g/mol. The number of aryl methyl sites for hydroxylation is 1. The Labute approximate surface area is 123 Å². The Balaban J connectivity index is 2.22. The van der Waals surface area contributed by atoms with Crippen LogP contribution in [0.2, 0.25) is 5.02 Å². The maximum atomic E-state index is 13.2. The second-order valence-electron chi connectivity index (χ2n) is 4.85. The molecule has 0 fully saturated rings. The summed E-state index contributed by atoms with van der Waals surface area (Å²) in [5.41, 5.74) is 8.53. The number of benzene rings is 2. The second kappa shape index (κ2) is 6.25. The lowest BCUT2D eigenvalue weighted by Gasteiger charge is -2.15. The van der Waals surface area contributed by atoms with E-state index in [1.54, 1.807) is 0 Å². The van der Waals surface area contributed by atoms with E-state index < -0.39 is 0 Å². The zero-order valence-corrected chi connectivity index (χ0v) is 12.2. The summed E-state index contributed by atoms with van der Waals surface area (Å²) in [7, 11) is 0. The molecule has 2 aromatic carbocycles. The first kappa shape index (κ1) is 14.8. The van der Waals surface area contributed by atoms with Gasteiger partial charge in [-0.25, -0.2) is 4.39 Å². The molecule has 1 atom stereocenters. The van der Waals surface area contributed by atoms with Gasteiger partial charge in [-0.3, -0.25) is 0 Å². The molecule has 2 nitrogen and oxygen atoms in total. The number of nitrogens with two attached hydrogens (primary N) is 1. The molecule has 0 radical (unpaired) electrons. The van der Waals surface area contributed by atoms with Crippen LogP contribution < -0.4 is 10.5 Å². The fourth-order valence-electron chi connectivity index (χ4n) is 1.95. The van der Waals surface area contributed by atoms with Crippen molar-refractivity contribution in [1.29, 1.82) is 0 Å². The smallest absolute Gasteiger partial charge is 0.124 e. The van der Waals surface area contributed by atoms with Gasteiger partial charge in [0.25, 0.3) is 0 Å². The van der Waals surface area contributed by atoms with Crippen LogP contribution in [-0.4, -0.2) is 0 Å². The van der Waals surface area contributed by atoms with E-state index in [-0.39, 0.29) is 18.5 Å². The minimum Gasteiger partial charge on any atom is -0.488 e. The number of ether oxygens (including phenoxy) is 1.